The van der Waals surface area contributed by atoms with Crippen molar-refractivity contribution in [1.29, 1.82) is 0 Å². The average Bonchev–Trinajstić information content (AvgIpc) is 2.43. The number of halogens is 1. The molecule has 0 radical (unpaired) electrons. The fourth-order valence-electron chi connectivity index (χ4n) is 2.12. The molecule has 0 saturated heterocycles. The molecule has 0 spiro atoms. The number of rotatable bonds is 2. The van der Waals surface area contributed by atoms with Crippen LogP contribution in [0.5, 0.6) is 0 Å². The second-order valence-corrected chi connectivity index (χ2v) is 4.72. The Hall–Kier alpha value is -2.53. The zero-order valence-electron chi connectivity index (χ0n) is 10.4. The van der Waals surface area contributed by atoms with Gasteiger partial charge in [-0.15, -0.1) is 0 Å². The summed E-state index contributed by atoms with van der Waals surface area (Å²) in [4.78, 5) is 15.5. The molecule has 0 saturated carbocycles. The Balaban J connectivity index is 2.32. The fourth-order valence-corrected chi connectivity index (χ4v) is 2.29. The van der Waals surface area contributed by atoms with Gasteiger partial charge in [0.05, 0.1) is 16.7 Å². The number of carbonyl (C=O) groups excluding carboxylic acids is 1. The molecule has 100 valence electrons. The van der Waals surface area contributed by atoms with E-state index in [1.807, 2.05) is 30.3 Å². The fraction of sp³-hybridized carbons (Fsp3) is 0. The van der Waals surface area contributed by atoms with Crippen molar-refractivity contribution in [2.75, 3.05) is 5.43 Å². The summed E-state index contributed by atoms with van der Waals surface area (Å²) in [6, 6.07) is 12.4. The van der Waals surface area contributed by atoms with Gasteiger partial charge in [0, 0.05) is 15.8 Å². The number of nitrogens with one attached hydrogen (secondary N) is 2. The lowest BCUT2D eigenvalue weighted by Crippen LogP contribution is -2.34. The van der Waals surface area contributed by atoms with E-state index in [2.05, 4.69) is 15.8 Å². The Bertz CT molecular complexity index is 819. The van der Waals surface area contributed by atoms with Crippen LogP contribution in [0.25, 0.3) is 21.8 Å². The van der Waals surface area contributed by atoms with Crippen LogP contribution in [0, 0.1) is 0 Å². The highest BCUT2D eigenvalue weighted by Gasteiger charge is 2.09. The summed E-state index contributed by atoms with van der Waals surface area (Å²) in [6.45, 7) is 0. The SMILES string of the molecule is NC(=O)NNc1c2ccccc2nc2ccc(Cl)cc12. The predicted octanol–water partition coefficient (Wildman–Crippen LogP) is 3.04. The summed E-state index contributed by atoms with van der Waals surface area (Å²) in [5, 5.41) is 2.28. The van der Waals surface area contributed by atoms with Gasteiger partial charge in [0.25, 0.3) is 0 Å². The third-order valence-corrected chi connectivity index (χ3v) is 3.19. The van der Waals surface area contributed by atoms with Crippen molar-refractivity contribution in [3.05, 3.63) is 47.5 Å². The standard InChI is InChI=1S/C14H11ClN4O/c15-8-5-6-12-10(7-8)13(18-19-14(16)20)9-3-1-2-4-11(9)17-12/h1-7H,(H,17,18)(H3,16,19,20). The molecule has 0 bridgehead atoms. The van der Waals surface area contributed by atoms with Crippen LogP contribution in [0.4, 0.5) is 10.5 Å². The molecule has 1 heterocycles. The Labute approximate surface area is 119 Å². The van der Waals surface area contributed by atoms with Gasteiger partial charge < -0.3 is 5.73 Å². The van der Waals surface area contributed by atoms with Gasteiger partial charge in [0.15, 0.2) is 0 Å². The number of benzene rings is 2. The molecule has 0 fully saturated rings. The summed E-state index contributed by atoms with van der Waals surface area (Å²) >= 11 is 6.04. The zero-order chi connectivity index (χ0) is 14.1. The first-order chi connectivity index (χ1) is 9.65. The number of hydrogen-bond acceptors (Lipinski definition) is 3. The highest BCUT2D eigenvalue weighted by Crippen LogP contribution is 2.31. The third-order valence-electron chi connectivity index (χ3n) is 2.95. The maximum atomic E-state index is 10.9. The van der Waals surface area contributed by atoms with E-state index in [0.29, 0.717) is 10.7 Å². The van der Waals surface area contributed by atoms with Crippen LogP contribution in [0.15, 0.2) is 42.5 Å². The number of nitrogens with zero attached hydrogens (tertiary/aromatic N) is 1. The molecule has 2 amide bonds. The van der Waals surface area contributed by atoms with Gasteiger partial charge in [-0.05, 0) is 24.3 Å². The maximum absolute atomic E-state index is 10.9. The van der Waals surface area contributed by atoms with Crippen molar-refractivity contribution < 1.29 is 4.79 Å². The first-order valence-corrected chi connectivity index (χ1v) is 6.32. The van der Waals surface area contributed by atoms with Crippen LogP contribution < -0.4 is 16.6 Å². The summed E-state index contributed by atoms with van der Waals surface area (Å²) in [7, 11) is 0. The molecule has 0 unspecified atom stereocenters. The Morgan fingerprint density at radius 3 is 2.65 bits per heavy atom. The number of aromatic nitrogens is 1. The third kappa shape index (κ3) is 2.19. The molecular weight excluding hydrogens is 276 g/mol. The van der Waals surface area contributed by atoms with Gasteiger partial charge in [-0.3, -0.25) is 10.9 Å². The Morgan fingerprint density at radius 2 is 1.85 bits per heavy atom. The molecular formula is C14H11ClN4O. The van der Waals surface area contributed by atoms with Crippen LogP contribution >= 0.6 is 11.6 Å². The monoisotopic (exact) mass is 286 g/mol. The number of nitrogens with two attached hydrogens (primary N) is 1. The van der Waals surface area contributed by atoms with Gasteiger partial charge in [0.2, 0.25) is 0 Å². The molecule has 6 heteroatoms. The van der Waals surface area contributed by atoms with Crippen LogP contribution in [-0.4, -0.2) is 11.0 Å². The number of carbonyl (C=O) groups is 1. The van der Waals surface area contributed by atoms with Gasteiger partial charge >= 0.3 is 6.03 Å². The lowest BCUT2D eigenvalue weighted by Gasteiger charge is -2.13. The van der Waals surface area contributed by atoms with E-state index in [4.69, 9.17) is 17.3 Å². The van der Waals surface area contributed by atoms with Crippen LogP contribution in [0.1, 0.15) is 0 Å². The topological polar surface area (TPSA) is 80.0 Å². The second-order valence-electron chi connectivity index (χ2n) is 4.28. The van der Waals surface area contributed by atoms with Gasteiger partial charge in [-0.1, -0.05) is 29.8 Å². The number of urea groups is 1. The minimum Gasteiger partial charge on any atom is -0.350 e. The highest BCUT2D eigenvalue weighted by molar-refractivity contribution is 6.31. The number of anilines is 1. The minimum absolute atomic E-state index is 0.594. The van der Waals surface area contributed by atoms with Gasteiger partial charge in [-0.2, -0.15) is 0 Å². The van der Waals surface area contributed by atoms with E-state index < -0.39 is 6.03 Å². The molecule has 4 N–H and O–H groups in total. The van der Waals surface area contributed by atoms with Gasteiger partial charge in [0.1, 0.15) is 0 Å². The normalized spacial score (nSPS) is 10.7. The maximum Gasteiger partial charge on any atom is 0.330 e. The molecule has 2 aromatic carbocycles. The molecule has 3 rings (SSSR count). The van der Waals surface area contributed by atoms with Crippen molar-refractivity contribution in [1.82, 2.24) is 10.4 Å². The van der Waals surface area contributed by atoms with Crippen LogP contribution in [0.2, 0.25) is 5.02 Å². The predicted molar refractivity (Wildman–Crippen MR) is 80.6 cm³/mol. The van der Waals surface area contributed by atoms with E-state index in [0.717, 1.165) is 21.8 Å². The number of primary amides is 1. The smallest absolute Gasteiger partial charge is 0.330 e. The van der Waals surface area contributed by atoms with Crippen LogP contribution in [0.3, 0.4) is 0 Å². The number of fused-ring (bicyclic) bond motifs is 2. The van der Waals surface area contributed by atoms with E-state index in [1.54, 1.807) is 12.1 Å². The van der Waals surface area contributed by atoms with E-state index in [-0.39, 0.29) is 0 Å². The first kappa shape index (κ1) is 12.5. The molecule has 0 aliphatic rings. The number of amides is 2. The summed E-state index contributed by atoms with van der Waals surface area (Å²) < 4.78 is 0. The zero-order valence-corrected chi connectivity index (χ0v) is 11.1. The van der Waals surface area contributed by atoms with Crippen molar-refractivity contribution in [3.8, 4) is 0 Å². The quantitative estimate of drug-likeness (QED) is 0.500. The van der Waals surface area contributed by atoms with Crippen molar-refractivity contribution >= 4 is 45.1 Å². The molecule has 0 atom stereocenters. The lowest BCUT2D eigenvalue weighted by atomic mass is 10.1. The molecule has 5 nitrogen and oxygen atoms in total. The summed E-state index contributed by atoms with van der Waals surface area (Å²) in [5.74, 6) is 0. The van der Waals surface area contributed by atoms with Crippen molar-refractivity contribution in [2.45, 2.75) is 0 Å². The Kier molecular flexibility index (Phi) is 3.04. The highest BCUT2D eigenvalue weighted by atomic mass is 35.5. The van der Waals surface area contributed by atoms with Gasteiger partial charge in [-0.25, -0.2) is 9.78 Å². The largest absolute Gasteiger partial charge is 0.350 e. The number of hydrazine groups is 1. The van der Waals surface area contributed by atoms with Crippen LogP contribution in [-0.2, 0) is 0 Å². The number of para-hydroxylation sites is 1. The second kappa shape index (κ2) is 4.86. The molecule has 1 aromatic heterocycles. The van der Waals surface area contributed by atoms with E-state index >= 15 is 0 Å². The summed E-state index contributed by atoms with van der Waals surface area (Å²) in [5.41, 5.74) is 12.6. The number of hydrogen-bond donors (Lipinski definition) is 3. The average molecular weight is 287 g/mol. The first-order valence-electron chi connectivity index (χ1n) is 5.94. The van der Waals surface area contributed by atoms with E-state index in [9.17, 15) is 4.79 Å². The van der Waals surface area contributed by atoms with Crippen molar-refractivity contribution in [2.24, 2.45) is 5.73 Å². The van der Waals surface area contributed by atoms with Crippen molar-refractivity contribution in [3.63, 3.8) is 0 Å². The summed E-state index contributed by atoms with van der Waals surface area (Å²) in [6.07, 6.45) is 0. The number of pyridine rings is 1. The molecule has 0 aliphatic heterocycles. The molecule has 0 aliphatic carbocycles. The Morgan fingerprint density at radius 1 is 1.10 bits per heavy atom. The molecule has 3 aromatic rings. The minimum atomic E-state index is -0.666. The lowest BCUT2D eigenvalue weighted by molar-refractivity contribution is 0.251. The molecule has 20 heavy (non-hydrogen) atoms. The van der Waals surface area contributed by atoms with E-state index in [1.165, 1.54) is 0 Å².